The van der Waals surface area contributed by atoms with Crippen LogP contribution in [0.1, 0.15) is 12.0 Å². The maximum absolute atomic E-state index is 13.0. The summed E-state index contributed by atoms with van der Waals surface area (Å²) in [4.78, 5) is 25.9. The summed E-state index contributed by atoms with van der Waals surface area (Å²) in [7, 11) is 0. The minimum Gasteiger partial charge on any atom is -0.326 e. The van der Waals surface area contributed by atoms with Crippen LogP contribution in [0, 0.1) is 5.82 Å². The second kappa shape index (κ2) is 7.26. The van der Waals surface area contributed by atoms with Crippen LogP contribution in [-0.4, -0.2) is 24.5 Å². The molecule has 27 heavy (non-hydrogen) atoms. The SMILES string of the molecule is O=C(Nc1ccccc1C(F)(F)F)N[C@H]1CCN(c2ccc(F)cc2)C1=O. The van der Waals surface area contributed by atoms with Crippen molar-refractivity contribution in [2.45, 2.75) is 18.6 Å². The Balaban J connectivity index is 1.66. The molecule has 3 rings (SSSR count). The predicted molar refractivity (Wildman–Crippen MR) is 90.8 cm³/mol. The maximum atomic E-state index is 13.0. The Hall–Kier alpha value is -3.10. The highest BCUT2D eigenvalue weighted by molar-refractivity contribution is 6.02. The maximum Gasteiger partial charge on any atom is 0.418 e. The van der Waals surface area contributed by atoms with Gasteiger partial charge in [0.15, 0.2) is 0 Å². The van der Waals surface area contributed by atoms with Gasteiger partial charge in [-0.15, -0.1) is 0 Å². The van der Waals surface area contributed by atoms with Crippen LogP contribution in [0.15, 0.2) is 48.5 Å². The van der Waals surface area contributed by atoms with Crippen molar-refractivity contribution in [3.8, 4) is 0 Å². The molecule has 0 bridgehead atoms. The Kier molecular flexibility index (Phi) is 5.02. The lowest BCUT2D eigenvalue weighted by atomic mass is 10.1. The van der Waals surface area contributed by atoms with Gasteiger partial charge >= 0.3 is 12.2 Å². The number of urea groups is 1. The second-order valence-corrected chi connectivity index (χ2v) is 5.95. The van der Waals surface area contributed by atoms with E-state index in [9.17, 15) is 27.2 Å². The van der Waals surface area contributed by atoms with Crippen molar-refractivity contribution in [3.63, 3.8) is 0 Å². The van der Waals surface area contributed by atoms with Crippen LogP contribution in [0.4, 0.5) is 33.7 Å². The van der Waals surface area contributed by atoms with Gasteiger partial charge in [0.1, 0.15) is 11.9 Å². The fourth-order valence-corrected chi connectivity index (χ4v) is 2.85. The van der Waals surface area contributed by atoms with E-state index in [0.717, 1.165) is 12.1 Å². The number of amides is 3. The lowest BCUT2D eigenvalue weighted by molar-refractivity contribution is -0.137. The van der Waals surface area contributed by atoms with Gasteiger partial charge in [0.05, 0.1) is 11.3 Å². The van der Waals surface area contributed by atoms with Crippen molar-refractivity contribution in [2.75, 3.05) is 16.8 Å². The molecule has 0 spiro atoms. The van der Waals surface area contributed by atoms with Crippen LogP contribution in [0.3, 0.4) is 0 Å². The number of alkyl halides is 3. The van der Waals surface area contributed by atoms with Gasteiger partial charge in [-0.05, 0) is 42.8 Å². The molecule has 2 aromatic carbocycles. The van der Waals surface area contributed by atoms with Gasteiger partial charge in [-0.3, -0.25) is 4.79 Å². The molecule has 0 aromatic heterocycles. The van der Waals surface area contributed by atoms with Gasteiger partial charge in [0.2, 0.25) is 5.91 Å². The number of halogens is 4. The summed E-state index contributed by atoms with van der Waals surface area (Å²) in [5.41, 5.74) is -0.900. The van der Waals surface area contributed by atoms with E-state index in [1.807, 2.05) is 0 Å². The van der Waals surface area contributed by atoms with E-state index < -0.39 is 41.2 Å². The molecule has 2 aromatic rings. The summed E-state index contributed by atoms with van der Waals surface area (Å²) in [6, 6.07) is 8.07. The molecule has 0 aliphatic carbocycles. The number of carbonyl (C=O) groups excluding carboxylic acids is 2. The standard InChI is InChI=1S/C18H15F4N3O2/c19-11-5-7-12(8-6-11)25-10-9-15(16(25)26)24-17(27)23-14-4-2-1-3-13(14)18(20,21)22/h1-8,15H,9-10H2,(H2,23,24,27)/t15-/m0/s1. The Morgan fingerprint density at radius 1 is 1.07 bits per heavy atom. The molecule has 3 amide bonds. The summed E-state index contributed by atoms with van der Waals surface area (Å²) in [6.07, 6.45) is -4.34. The minimum atomic E-state index is -4.62. The van der Waals surface area contributed by atoms with E-state index in [1.165, 1.54) is 41.3 Å². The lowest BCUT2D eigenvalue weighted by Gasteiger charge is -2.18. The van der Waals surface area contributed by atoms with Crippen molar-refractivity contribution in [3.05, 3.63) is 59.9 Å². The molecule has 1 aliphatic heterocycles. The number of hydrogen-bond acceptors (Lipinski definition) is 2. The Labute approximate surface area is 152 Å². The summed E-state index contributed by atoms with van der Waals surface area (Å²) in [5.74, 6) is -0.858. The fraction of sp³-hybridized carbons (Fsp3) is 0.222. The van der Waals surface area contributed by atoms with Gasteiger partial charge in [-0.1, -0.05) is 12.1 Å². The minimum absolute atomic E-state index is 0.282. The van der Waals surface area contributed by atoms with E-state index in [1.54, 1.807) is 0 Å². The van der Waals surface area contributed by atoms with E-state index >= 15 is 0 Å². The highest BCUT2D eigenvalue weighted by atomic mass is 19.4. The van der Waals surface area contributed by atoms with Crippen LogP contribution < -0.4 is 15.5 Å². The molecule has 1 fully saturated rings. The van der Waals surface area contributed by atoms with E-state index in [-0.39, 0.29) is 6.42 Å². The molecule has 0 unspecified atom stereocenters. The van der Waals surface area contributed by atoms with Crippen molar-refractivity contribution in [2.24, 2.45) is 0 Å². The largest absolute Gasteiger partial charge is 0.418 e. The molecule has 0 saturated carbocycles. The number of nitrogens with zero attached hydrogens (tertiary/aromatic N) is 1. The normalized spacial score (nSPS) is 17.1. The molecule has 9 heteroatoms. The van der Waals surface area contributed by atoms with Crippen molar-refractivity contribution in [1.82, 2.24) is 5.32 Å². The van der Waals surface area contributed by atoms with Crippen LogP contribution in [-0.2, 0) is 11.0 Å². The third-order valence-electron chi connectivity index (χ3n) is 4.13. The molecule has 5 nitrogen and oxygen atoms in total. The zero-order valence-electron chi connectivity index (χ0n) is 13.9. The fourth-order valence-electron chi connectivity index (χ4n) is 2.85. The van der Waals surface area contributed by atoms with Gasteiger partial charge in [-0.2, -0.15) is 13.2 Å². The Bertz CT molecular complexity index is 852. The molecule has 1 atom stereocenters. The topological polar surface area (TPSA) is 61.4 Å². The molecule has 142 valence electrons. The number of benzene rings is 2. The summed E-state index contributed by atoms with van der Waals surface area (Å²) in [5, 5.41) is 4.52. The Morgan fingerprint density at radius 2 is 1.74 bits per heavy atom. The number of para-hydroxylation sites is 1. The van der Waals surface area contributed by atoms with Crippen molar-refractivity contribution >= 4 is 23.3 Å². The predicted octanol–water partition coefficient (Wildman–Crippen LogP) is 3.77. The van der Waals surface area contributed by atoms with E-state index in [4.69, 9.17) is 0 Å². The van der Waals surface area contributed by atoms with Crippen LogP contribution >= 0.6 is 0 Å². The van der Waals surface area contributed by atoms with Gasteiger partial charge in [0, 0.05) is 12.2 Å². The number of rotatable bonds is 3. The average Bonchev–Trinajstić information content (AvgIpc) is 2.96. The van der Waals surface area contributed by atoms with Crippen molar-refractivity contribution in [1.29, 1.82) is 0 Å². The first kappa shape index (κ1) is 18.7. The average molecular weight is 381 g/mol. The van der Waals surface area contributed by atoms with Crippen LogP contribution in [0.5, 0.6) is 0 Å². The molecule has 1 aliphatic rings. The molecule has 0 radical (unpaired) electrons. The lowest BCUT2D eigenvalue weighted by Crippen LogP contribution is -2.43. The first-order valence-electron chi connectivity index (χ1n) is 8.06. The summed E-state index contributed by atoms with van der Waals surface area (Å²) >= 11 is 0. The van der Waals surface area contributed by atoms with Gasteiger partial charge in [0.25, 0.3) is 0 Å². The number of nitrogens with one attached hydrogen (secondary N) is 2. The van der Waals surface area contributed by atoms with Gasteiger partial charge in [-0.25, -0.2) is 9.18 Å². The number of anilines is 2. The first-order valence-corrected chi connectivity index (χ1v) is 8.06. The second-order valence-electron chi connectivity index (χ2n) is 5.95. The molecular formula is C18H15F4N3O2. The van der Waals surface area contributed by atoms with E-state index in [0.29, 0.717) is 12.2 Å². The number of carbonyl (C=O) groups is 2. The van der Waals surface area contributed by atoms with Crippen LogP contribution in [0.25, 0.3) is 0 Å². The summed E-state index contributed by atoms with van der Waals surface area (Å²) in [6.45, 7) is 0.300. The molecule has 1 saturated heterocycles. The smallest absolute Gasteiger partial charge is 0.326 e. The zero-order chi connectivity index (χ0) is 19.6. The summed E-state index contributed by atoms with van der Waals surface area (Å²) < 4.78 is 51.9. The highest BCUT2D eigenvalue weighted by Gasteiger charge is 2.35. The number of hydrogen-bond donors (Lipinski definition) is 2. The van der Waals surface area contributed by atoms with Crippen LogP contribution in [0.2, 0.25) is 0 Å². The molecule has 1 heterocycles. The first-order chi connectivity index (χ1) is 12.8. The quantitative estimate of drug-likeness (QED) is 0.795. The van der Waals surface area contributed by atoms with E-state index in [2.05, 4.69) is 10.6 Å². The Morgan fingerprint density at radius 3 is 2.41 bits per heavy atom. The third-order valence-corrected chi connectivity index (χ3v) is 4.13. The molecular weight excluding hydrogens is 366 g/mol. The highest BCUT2D eigenvalue weighted by Crippen LogP contribution is 2.34. The van der Waals surface area contributed by atoms with Gasteiger partial charge < -0.3 is 15.5 Å². The zero-order valence-corrected chi connectivity index (χ0v) is 13.9. The molecule has 2 N–H and O–H groups in total. The third kappa shape index (κ3) is 4.18. The van der Waals surface area contributed by atoms with Crippen molar-refractivity contribution < 1.29 is 27.2 Å². The monoisotopic (exact) mass is 381 g/mol.